The predicted octanol–water partition coefficient (Wildman–Crippen LogP) is 4.56. The van der Waals surface area contributed by atoms with Gasteiger partial charge < -0.3 is 9.84 Å². The standard InChI is InChI=1S/C26H31NO4/c1-18-13-22(24(28)29)23(25(30)31-17-19-9-6-5-7-10-19)27(15-18)16-20-11-8-12-21(14-20)26(2,3)4/h5-12,14,22-23H,1,13,15-17H2,2-4H3,(H,28,29)/t22-,23-/m0/s1. The van der Waals surface area contributed by atoms with Gasteiger partial charge in [-0.2, -0.15) is 0 Å². The summed E-state index contributed by atoms with van der Waals surface area (Å²) in [5.74, 6) is -2.39. The van der Waals surface area contributed by atoms with Gasteiger partial charge >= 0.3 is 11.9 Å². The number of ether oxygens (including phenoxy) is 1. The van der Waals surface area contributed by atoms with Crippen molar-refractivity contribution in [3.63, 3.8) is 0 Å². The number of hydrogen-bond donors (Lipinski definition) is 1. The van der Waals surface area contributed by atoms with Crippen LogP contribution in [0.5, 0.6) is 0 Å². The highest BCUT2D eigenvalue weighted by atomic mass is 16.5. The minimum atomic E-state index is -1.00. The van der Waals surface area contributed by atoms with E-state index in [1.807, 2.05) is 47.4 Å². The lowest BCUT2D eigenvalue weighted by Crippen LogP contribution is -2.53. The minimum absolute atomic E-state index is 0.000872. The molecular formula is C26H31NO4. The molecule has 164 valence electrons. The van der Waals surface area contributed by atoms with Gasteiger partial charge in [-0.3, -0.25) is 14.5 Å². The van der Waals surface area contributed by atoms with Crippen molar-refractivity contribution in [2.75, 3.05) is 6.54 Å². The Morgan fingerprint density at radius 2 is 1.77 bits per heavy atom. The molecule has 0 bridgehead atoms. The van der Waals surface area contributed by atoms with E-state index >= 15 is 0 Å². The molecule has 1 aliphatic rings. The molecule has 0 amide bonds. The average Bonchev–Trinajstić information content (AvgIpc) is 2.72. The molecule has 31 heavy (non-hydrogen) atoms. The van der Waals surface area contributed by atoms with Gasteiger partial charge in [-0.25, -0.2) is 0 Å². The molecular weight excluding hydrogens is 390 g/mol. The number of rotatable bonds is 6. The predicted molar refractivity (Wildman–Crippen MR) is 120 cm³/mol. The summed E-state index contributed by atoms with van der Waals surface area (Å²) in [5.41, 5.74) is 3.91. The summed E-state index contributed by atoms with van der Waals surface area (Å²) in [5, 5.41) is 9.82. The highest BCUT2D eigenvalue weighted by Gasteiger charge is 2.43. The Morgan fingerprint density at radius 3 is 2.42 bits per heavy atom. The van der Waals surface area contributed by atoms with Crippen LogP contribution in [0.2, 0.25) is 0 Å². The number of carbonyl (C=O) groups excluding carboxylic acids is 1. The smallest absolute Gasteiger partial charge is 0.324 e. The Labute approximate surface area is 184 Å². The summed E-state index contributed by atoms with van der Waals surface area (Å²) < 4.78 is 5.56. The van der Waals surface area contributed by atoms with E-state index in [4.69, 9.17) is 4.74 Å². The number of carboxylic acid groups (broad SMARTS) is 1. The zero-order chi connectivity index (χ0) is 22.6. The fraction of sp³-hybridized carbons (Fsp3) is 0.385. The van der Waals surface area contributed by atoms with Crippen LogP contribution >= 0.6 is 0 Å². The van der Waals surface area contributed by atoms with Crippen LogP contribution in [0.15, 0.2) is 66.7 Å². The lowest BCUT2D eigenvalue weighted by atomic mass is 9.85. The molecule has 1 fully saturated rings. The second kappa shape index (κ2) is 9.48. The number of likely N-dealkylation sites (tertiary alicyclic amines) is 1. The van der Waals surface area contributed by atoms with Crippen LogP contribution in [0, 0.1) is 5.92 Å². The first-order valence-electron chi connectivity index (χ1n) is 10.6. The van der Waals surface area contributed by atoms with Gasteiger partial charge in [0.15, 0.2) is 0 Å². The van der Waals surface area contributed by atoms with Crippen LogP contribution in [0.3, 0.4) is 0 Å². The first-order valence-corrected chi connectivity index (χ1v) is 10.6. The number of carbonyl (C=O) groups is 2. The summed E-state index contributed by atoms with van der Waals surface area (Å²) in [4.78, 5) is 26.9. The van der Waals surface area contributed by atoms with E-state index in [-0.39, 0.29) is 18.4 Å². The lowest BCUT2D eigenvalue weighted by molar-refractivity contribution is -0.162. The first-order chi connectivity index (χ1) is 14.6. The number of esters is 1. The van der Waals surface area contributed by atoms with Gasteiger partial charge in [0.05, 0.1) is 5.92 Å². The van der Waals surface area contributed by atoms with E-state index in [9.17, 15) is 14.7 Å². The summed E-state index contributed by atoms with van der Waals surface area (Å²) in [6, 6.07) is 16.8. The molecule has 1 aliphatic heterocycles. The fourth-order valence-electron chi connectivity index (χ4n) is 4.00. The highest BCUT2D eigenvalue weighted by molar-refractivity contribution is 5.84. The van der Waals surface area contributed by atoms with Gasteiger partial charge in [0.1, 0.15) is 12.6 Å². The van der Waals surface area contributed by atoms with Crippen LogP contribution < -0.4 is 0 Å². The third-order valence-electron chi connectivity index (χ3n) is 5.67. The van der Waals surface area contributed by atoms with Gasteiger partial charge in [-0.1, -0.05) is 87.5 Å². The van der Waals surface area contributed by atoms with Crippen LogP contribution in [0.4, 0.5) is 0 Å². The van der Waals surface area contributed by atoms with Crippen molar-refractivity contribution in [3.8, 4) is 0 Å². The van der Waals surface area contributed by atoms with Gasteiger partial charge in [0, 0.05) is 13.1 Å². The summed E-state index contributed by atoms with van der Waals surface area (Å²) in [6.07, 6.45) is 0.277. The quantitative estimate of drug-likeness (QED) is 0.547. The van der Waals surface area contributed by atoms with Crippen LogP contribution in [-0.2, 0) is 32.9 Å². The monoisotopic (exact) mass is 421 g/mol. The zero-order valence-electron chi connectivity index (χ0n) is 18.5. The number of hydrogen-bond acceptors (Lipinski definition) is 4. The summed E-state index contributed by atoms with van der Waals surface area (Å²) >= 11 is 0. The van der Waals surface area contributed by atoms with Crippen molar-refractivity contribution in [2.24, 2.45) is 5.92 Å². The maximum Gasteiger partial charge on any atom is 0.324 e. The third kappa shape index (κ3) is 5.82. The summed E-state index contributed by atoms with van der Waals surface area (Å²) in [7, 11) is 0. The largest absolute Gasteiger partial charge is 0.481 e. The Hall–Kier alpha value is -2.92. The molecule has 0 spiro atoms. The number of benzene rings is 2. The minimum Gasteiger partial charge on any atom is -0.481 e. The molecule has 0 unspecified atom stereocenters. The van der Waals surface area contributed by atoms with Crippen molar-refractivity contribution in [3.05, 3.63) is 83.4 Å². The second-order valence-corrected chi connectivity index (χ2v) is 9.29. The topological polar surface area (TPSA) is 66.8 Å². The molecule has 3 rings (SSSR count). The van der Waals surface area contributed by atoms with E-state index < -0.39 is 23.9 Å². The molecule has 5 nitrogen and oxygen atoms in total. The van der Waals surface area contributed by atoms with Crippen molar-refractivity contribution in [1.82, 2.24) is 4.90 Å². The zero-order valence-corrected chi connectivity index (χ0v) is 18.5. The Bertz CT molecular complexity index is 945. The van der Waals surface area contributed by atoms with Gasteiger partial charge in [-0.15, -0.1) is 0 Å². The van der Waals surface area contributed by atoms with Crippen molar-refractivity contribution >= 4 is 11.9 Å². The Balaban J connectivity index is 1.83. The van der Waals surface area contributed by atoms with Gasteiger partial charge in [0.2, 0.25) is 0 Å². The van der Waals surface area contributed by atoms with E-state index in [2.05, 4.69) is 39.5 Å². The van der Waals surface area contributed by atoms with Gasteiger partial charge in [0.25, 0.3) is 0 Å². The lowest BCUT2D eigenvalue weighted by Gasteiger charge is -2.39. The van der Waals surface area contributed by atoms with E-state index in [0.29, 0.717) is 13.1 Å². The number of carboxylic acids is 1. The molecule has 2 aromatic rings. The molecule has 1 N–H and O–H groups in total. The van der Waals surface area contributed by atoms with Crippen LogP contribution in [0.1, 0.15) is 43.9 Å². The molecule has 0 radical (unpaired) electrons. The van der Waals surface area contributed by atoms with Crippen molar-refractivity contribution in [2.45, 2.75) is 51.8 Å². The molecule has 2 atom stereocenters. The Kier molecular flexibility index (Phi) is 6.96. The molecule has 0 aliphatic carbocycles. The SMILES string of the molecule is C=C1C[C@H](C(=O)O)[C@@H](C(=O)OCc2ccccc2)N(Cc2cccc(C(C)(C)C)c2)C1. The van der Waals surface area contributed by atoms with Gasteiger partial charge in [-0.05, 0) is 28.5 Å². The molecule has 0 saturated carbocycles. The van der Waals surface area contributed by atoms with E-state index in [0.717, 1.165) is 16.7 Å². The summed E-state index contributed by atoms with van der Waals surface area (Å²) in [6.45, 7) is 11.5. The molecule has 0 aromatic heterocycles. The Morgan fingerprint density at radius 1 is 1.10 bits per heavy atom. The number of piperidine rings is 1. The van der Waals surface area contributed by atoms with Crippen molar-refractivity contribution in [1.29, 1.82) is 0 Å². The third-order valence-corrected chi connectivity index (χ3v) is 5.67. The van der Waals surface area contributed by atoms with Crippen LogP contribution in [0.25, 0.3) is 0 Å². The molecule has 5 heteroatoms. The fourth-order valence-corrected chi connectivity index (χ4v) is 4.00. The molecule has 1 saturated heterocycles. The maximum atomic E-state index is 13.1. The molecule has 1 heterocycles. The van der Waals surface area contributed by atoms with Crippen molar-refractivity contribution < 1.29 is 19.4 Å². The van der Waals surface area contributed by atoms with E-state index in [1.165, 1.54) is 5.56 Å². The molecule has 2 aromatic carbocycles. The van der Waals surface area contributed by atoms with E-state index in [1.54, 1.807) is 0 Å². The van der Waals surface area contributed by atoms with Crippen LogP contribution in [-0.4, -0.2) is 34.5 Å². The highest BCUT2D eigenvalue weighted by Crippen LogP contribution is 2.30. The number of nitrogens with zero attached hydrogens (tertiary/aromatic N) is 1. The second-order valence-electron chi connectivity index (χ2n) is 9.29. The number of aliphatic carboxylic acids is 1. The normalized spacial score (nSPS) is 19.8. The maximum absolute atomic E-state index is 13.1. The first kappa shape index (κ1) is 22.8. The average molecular weight is 422 g/mol.